The van der Waals surface area contributed by atoms with Gasteiger partial charge in [-0.1, -0.05) is 30.3 Å². The first kappa shape index (κ1) is 16.7. The lowest BCUT2D eigenvalue weighted by Crippen LogP contribution is -2.35. The standard InChI is InChI=1S/C20H16N4O3/c1-27-14-9-7-12(8-10-14)16-15(11-21)19(25)22-18-17(16)20(26)24(23-18)13-5-3-2-4-6-13/h2-10,15-16,23H,1H3,(H,22,25)/t15-,16+/m1/s1. The molecule has 0 unspecified atom stereocenters. The van der Waals surface area contributed by atoms with Gasteiger partial charge in [-0.2, -0.15) is 5.26 Å². The predicted octanol–water partition coefficient (Wildman–Crippen LogP) is 2.40. The monoisotopic (exact) mass is 360 g/mol. The lowest BCUT2D eigenvalue weighted by molar-refractivity contribution is -0.119. The number of aromatic amines is 1. The highest BCUT2D eigenvalue weighted by molar-refractivity contribution is 5.97. The van der Waals surface area contributed by atoms with Crippen LogP contribution in [0.4, 0.5) is 5.82 Å². The minimum Gasteiger partial charge on any atom is -0.497 e. The van der Waals surface area contributed by atoms with Crippen LogP contribution in [0.25, 0.3) is 5.69 Å². The van der Waals surface area contributed by atoms with Gasteiger partial charge >= 0.3 is 0 Å². The third-order valence-corrected chi connectivity index (χ3v) is 4.73. The molecular weight excluding hydrogens is 344 g/mol. The number of amides is 1. The summed E-state index contributed by atoms with van der Waals surface area (Å²) in [5.41, 5.74) is 1.43. The predicted molar refractivity (Wildman–Crippen MR) is 99.0 cm³/mol. The van der Waals surface area contributed by atoms with Crippen LogP contribution in [0.2, 0.25) is 0 Å². The number of carbonyl (C=O) groups is 1. The molecule has 7 nitrogen and oxygen atoms in total. The number of H-pyrrole nitrogens is 1. The molecular formula is C20H16N4O3. The van der Waals surface area contributed by atoms with E-state index in [2.05, 4.69) is 10.4 Å². The van der Waals surface area contributed by atoms with Gasteiger partial charge in [-0.05, 0) is 29.8 Å². The van der Waals surface area contributed by atoms with Crippen molar-refractivity contribution >= 4 is 11.7 Å². The first-order valence-electron chi connectivity index (χ1n) is 8.39. The highest BCUT2D eigenvalue weighted by Crippen LogP contribution is 2.38. The van der Waals surface area contributed by atoms with Crippen LogP contribution in [-0.2, 0) is 4.79 Å². The summed E-state index contributed by atoms with van der Waals surface area (Å²) in [6.45, 7) is 0. The molecule has 1 amide bonds. The molecule has 27 heavy (non-hydrogen) atoms. The fraction of sp³-hybridized carbons (Fsp3) is 0.150. The normalized spacial score (nSPS) is 18.3. The molecule has 1 aromatic heterocycles. The minimum absolute atomic E-state index is 0.294. The Morgan fingerprint density at radius 2 is 1.78 bits per heavy atom. The van der Waals surface area contributed by atoms with Crippen LogP contribution in [0.15, 0.2) is 59.4 Å². The number of nitrogens with one attached hydrogen (secondary N) is 2. The number of nitrogens with zero attached hydrogens (tertiary/aromatic N) is 2. The lowest BCUT2D eigenvalue weighted by atomic mass is 9.79. The summed E-state index contributed by atoms with van der Waals surface area (Å²) in [6.07, 6.45) is 0. The number of methoxy groups -OCH3 is 1. The molecule has 134 valence electrons. The summed E-state index contributed by atoms with van der Waals surface area (Å²) in [7, 11) is 1.56. The van der Waals surface area contributed by atoms with Gasteiger partial charge in [-0.15, -0.1) is 0 Å². The van der Waals surface area contributed by atoms with Crippen molar-refractivity contribution in [3.05, 3.63) is 76.1 Å². The number of rotatable bonds is 3. The summed E-state index contributed by atoms with van der Waals surface area (Å²) in [5, 5.41) is 15.2. The molecule has 2 N–H and O–H groups in total. The molecule has 0 bridgehead atoms. The first-order valence-corrected chi connectivity index (χ1v) is 8.39. The van der Waals surface area contributed by atoms with Gasteiger partial charge in [0.15, 0.2) is 0 Å². The fourth-order valence-corrected chi connectivity index (χ4v) is 3.42. The average Bonchev–Trinajstić information content (AvgIpc) is 3.03. The van der Waals surface area contributed by atoms with Gasteiger partial charge in [0.25, 0.3) is 5.56 Å². The Balaban J connectivity index is 1.91. The second kappa shape index (κ2) is 6.50. The van der Waals surface area contributed by atoms with Crippen LogP contribution in [0.3, 0.4) is 0 Å². The number of anilines is 1. The van der Waals surface area contributed by atoms with Crippen molar-refractivity contribution in [2.24, 2.45) is 5.92 Å². The smallest absolute Gasteiger partial charge is 0.277 e. The number of benzene rings is 2. The van der Waals surface area contributed by atoms with Gasteiger partial charge in [-0.3, -0.25) is 14.7 Å². The van der Waals surface area contributed by atoms with E-state index in [0.29, 0.717) is 28.4 Å². The second-order valence-electron chi connectivity index (χ2n) is 6.22. The molecule has 1 aliphatic heterocycles. The maximum Gasteiger partial charge on any atom is 0.277 e. The molecule has 0 aliphatic carbocycles. The summed E-state index contributed by atoms with van der Waals surface area (Å²) in [4.78, 5) is 25.6. The molecule has 0 spiro atoms. The Labute approximate surface area is 154 Å². The Kier molecular flexibility index (Phi) is 4.01. The van der Waals surface area contributed by atoms with Crippen molar-refractivity contribution in [2.75, 3.05) is 12.4 Å². The van der Waals surface area contributed by atoms with Gasteiger partial charge in [0.2, 0.25) is 5.91 Å². The summed E-state index contributed by atoms with van der Waals surface area (Å²) in [6, 6.07) is 18.1. The topological polar surface area (TPSA) is 99.9 Å². The molecule has 3 aromatic rings. The maximum atomic E-state index is 13.1. The van der Waals surface area contributed by atoms with Crippen LogP contribution >= 0.6 is 0 Å². The van der Waals surface area contributed by atoms with Crippen LogP contribution in [-0.4, -0.2) is 22.8 Å². The van der Waals surface area contributed by atoms with Gasteiger partial charge in [0, 0.05) is 5.92 Å². The van der Waals surface area contributed by atoms with Crippen molar-refractivity contribution < 1.29 is 9.53 Å². The first-order chi connectivity index (χ1) is 13.1. The quantitative estimate of drug-likeness (QED) is 0.749. The van der Waals surface area contributed by atoms with E-state index < -0.39 is 17.7 Å². The summed E-state index contributed by atoms with van der Waals surface area (Å²) >= 11 is 0. The van der Waals surface area contributed by atoms with Crippen LogP contribution in [0.5, 0.6) is 5.75 Å². The van der Waals surface area contributed by atoms with Crippen LogP contribution in [0.1, 0.15) is 17.0 Å². The SMILES string of the molecule is COc1ccc([C@@H]2c3c([nH]n(-c4ccccc4)c3=O)NC(=O)[C@@H]2C#N)cc1. The molecule has 2 atom stereocenters. The van der Waals surface area contributed by atoms with E-state index in [9.17, 15) is 14.9 Å². The molecule has 0 saturated heterocycles. The fourth-order valence-electron chi connectivity index (χ4n) is 3.42. The van der Waals surface area contributed by atoms with Crippen molar-refractivity contribution in [1.82, 2.24) is 9.78 Å². The zero-order chi connectivity index (χ0) is 19.0. The molecule has 2 aromatic carbocycles. The number of aromatic nitrogens is 2. The number of nitriles is 1. The van der Waals surface area contributed by atoms with E-state index in [0.717, 1.165) is 0 Å². The van der Waals surface area contributed by atoms with Crippen molar-refractivity contribution in [3.63, 3.8) is 0 Å². The van der Waals surface area contributed by atoms with E-state index in [4.69, 9.17) is 4.74 Å². The molecule has 7 heteroatoms. The van der Waals surface area contributed by atoms with Crippen molar-refractivity contribution in [1.29, 1.82) is 5.26 Å². The Bertz CT molecular complexity index is 1090. The summed E-state index contributed by atoms with van der Waals surface area (Å²) < 4.78 is 6.55. The molecule has 4 rings (SSSR count). The minimum atomic E-state index is -1.00. The third kappa shape index (κ3) is 2.68. The molecule has 1 aliphatic rings. The molecule has 0 fully saturated rings. The maximum absolute atomic E-state index is 13.1. The highest BCUT2D eigenvalue weighted by atomic mass is 16.5. The Morgan fingerprint density at radius 3 is 2.41 bits per heavy atom. The number of carbonyl (C=O) groups excluding carboxylic acids is 1. The van der Waals surface area contributed by atoms with Gasteiger partial charge < -0.3 is 10.1 Å². The number of para-hydroxylation sites is 1. The van der Waals surface area contributed by atoms with Gasteiger partial charge in [-0.25, -0.2) is 4.68 Å². The lowest BCUT2D eigenvalue weighted by Gasteiger charge is -2.26. The number of fused-ring (bicyclic) bond motifs is 1. The zero-order valence-corrected chi connectivity index (χ0v) is 14.5. The van der Waals surface area contributed by atoms with E-state index >= 15 is 0 Å². The third-order valence-electron chi connectivity index (χ3n) is 4.73. The average molecular weight is 360 g/mol. The van der Waals surface area contributed by atoms with E-state index in [-0.39, 0.29) is 5.56 Å². The second-order valence-corrected chi connectivity index (χ2v) is 6.22. The number of ether oxygens (including phenoxy) is 1. The Hall–Kier alpha value is -3.79. The van der Waals surface area contributed by atoms with Crippen molar-refractivity contribution in [2.45, 2.75) is 5.92 Å². The molecule has 0 radical (unpaired) electrons. The van der Waals surface area contributed by atoms with Gasteiger partial charge in [0.1, 0.15) is 17.5 Å². The number of hydrogen-bond donors (Lipinski definition) is 2. The van der Waals surface area contributed by atoms with Gasteiger partial charge in [0.05, 0.1) is 24.4 Å². The molecule has 2 heterocycles. The zero-order valence-electron chi connectivity index (χ0n) is 14.5. The van der Waals surface area contributed by atoms with Crippen LogP contribution < -0.4 is 15.6 Å². The largest absolute Gasteiger partial charge is 0.497 e. The Morgan fingerprint density at radius 1 is 1.07 bits per heavy atom. The van der Waals surface area contributed by atoms with E-state index in [1.807, 2.05) is 24.3 Å². The van der Waals surface area contributed by atoms with Crippen molar-refractivity contribution in [3.8, 4) is 17.5 Å². The van der Waals surface area contributed by atoms with E-state index in [1.165, 1.54) is 4.68 Å². The number of hydrogen-bond acceptors (Lipinski definition) is 4. The van der Waals surface area contributed by atoms with E-state index in [1.54, 1.807) is 43.5 Å². The summed E-state index contributed by atoms with van der Waals surface area (Å²) in [5.74, 6) is -1.13. The highest BCUT2D eigenvalue weighted by Gasteiger charge is 2.41. The van der Waals surface area contributed by atoms with Crippen LogP contribution in [0, 0.1) is 17.2 Å². The molecule has 0 saturated carbocycles.